The zero-order valence-corrected chi connectivity index (χ0v) is 17.8. The Balaban J connectivity index is 1.63. The van der Waals surface area contributed by atoms with Crippen molar-refractivity contribution in [3.05, 3.63) is 86.4 Å². The van der Waals surface area contributed by atoms with E-state index >= 15 is 0 Å². The standard InChI is InChI=1S/C21H16ClN3O5S/c1-14(26)24(17-5-3-2-4-6-17)21-23-16(13-31-21)12-30-20(27)10-8-15-7-9-18(22)19(11-15)25(28)29/h2-11,13H,12H2,1H3/b10-8+. The number of halogens is 1. The summed E-state index contributed by atoms with van der Waals surface area (Å²) in [5.74, 6) is -0.831. The van der Waals surface area contributed by atoms with Crippen molar-refractivity contribution in [3.8, 4) is 0 Å². The van der Waals surface area contributed by atoms with Gasteiger partial charge in [0.15, 0.2) is 5.13 Å². The van der Waals surface area contributed by atoms with Gasteiger partial charge in [0.1, 0.15) is 11.6 Å². The fraction of sp³-hybridized carbons (Fsp3) is 0.0952. The van der Waals surface area contributed by atoms with Crippen molar-refractivity contribution in [2.24, 2.45) is 0 Å². The Morgan fingerprint density at radius 2 is 2.00 bits per heavy atom. The number of aromatic nitrogens is 1. The average Bonchev–Trinajstić information content (AvgIpc) is 3.20. The van der Waals surface area contributed by atoms with Crippen molar-refractivity contribution in [3.63, 3.8) is 0 Å². The molecule has 0 saturated heterocycles. The highest BCUT2D eigenvalue weighted by Crippen LogP contribution is 2.29. The molecule has 0 N–H and O–H groups in total. The van der Waals surface area contributed by atoms with Gasteiger partial charge in [0.25, 0.3) is 5.69 Å². The van der Waals surface area contributed by atoms with E-state index in [4.69, 9.17) is 16.3 Å². The molecule has 0 spiro atoms. The number of thiazole rings is 1. The van der Waals surface area contributed by atoms with Gasteiger partial charge < -0.3 is 4.74 Å². The molecule has 3 rings (SSSR count). The number of nitro groups is 1. The number of nitrogens with zero attached hydrogens (tertiary/aromatic N) is 3. The maximum Gasteiger partial charge on any atom is 0.331 e. The summed E-state index contributed by atoms with van der Waals surface area (Å²) in [4.78, 5) is 40.2. The molecule has 3 aromatic rings. The Hall–Kier alpha value is -3.56. The highest BCUT2D eigenvalue weighted by Gasteiger charge is 2.18. The van der Waals surface area contributed by atoms with Crippen LogP contribution in [0.4, 0.5) is 16.5 Å². The van der Waals surface area contributed by atoms with Gasteiger partial charge in [-0.05, 0) is 29.8 Å². The predicted octanol–water partition coefficient (Wildman–Crippen LogP) is 5.15. The monoisotopic (exact) mass is 457 g/mol. The van der Waals surface area contributed by atoms with E-state index in [0.29, 0.717) is 22.1 Å². The lowest BCUT2D eigenvalue weighted by Gasteiger charge is -2.17. The fourth-order valence-electron chi connectivity index (χ4n) is 2.60. The summed E-state index contributed by atoms with van der Waals surface area (Å²) in [6.07, 6.45) is 2.55. The van der Waals surface area contributed by atoms with Crippen LogP contribution in [0.15, 0.2) is 60.0 Å². The second-order valence-corrected chi connectivity index (χ2v) is 7.46. The van der Waals surface area contributed by atoms with Gasteiger partial charge in [0.2, 0.25) is 5.91 Å². The highest BCUT2D eigenvalue weighted by molar-refractivity contribution is 7.14. The van der Waals surface area contributed by atoms with Gasteiger partial charge >= 0.3 is 5.97 Å². The largest absolute Gasteiger partial charge is 0.456 e. The Bertz CT molecular complexity index is 1150. The molecular formula is C21H16ClN3O5S. The normalized spacial score (nSPS) is 10.8. The predicted molar refractivity (Wildman–Crippen MR) is 118 cm³/mol. The van der Waals surface area contributed by atoms with Crippen LogP contribution in [0.3, 0.4) is 0 Å². The maximum atomic E-state index is 12.1. The molecule has 0 aliphatic carbocycles. The van der Waals surface area contributed by atoms with Crippen LogP contribution in [0.5, 0.6) is 0 Å². The lowest BCUT2D eigenvalue weighted by Crippen LogP contribution is -2.22. The van der Waals surface area contributed by atoms with Crippen LogP contribution in [0, 0.1) is 10.1 Å². The summed E-state index contributed by atoms with van der Waals surface area (Å²) in [6.45, 7) is 1.36. The first-order valence-corrected chi connectivity index (χ1v) is 10.2. The number of para-hydroxylation sites is 1. The quantitative estimate of drug-likeness (QED) is 0.210. The summed E-state index contributed by atoms with van der Waals surface area (Å²) in [6, 6.07) is 13.3. The van der Waals surface area contributed by atoms with Gasteiger partial charge in [-0.15, -0.1) is 11.3 Å². The maximum absolute atomic E-state index is 12.1. The van der Waals surface area contributed by atoms with Crippen LogP contribution in [0.2, 0.25) is 5.02 Å². The van der Waals surface area contributed by atoms with Crippen molar-refractivity contribution in [1.82, 2.24) is 4.98 Å². The number of esters is 1. The van der Waals surface area contributed by atoms with Crippen LogP contribution in [0.1, 0.15) is 18.2 Å². The third-order valence-corrected chi connectivity index (χ3v) is 5.20. The molecule has 0 unspecified atom stereocenters. The van der Waals surface area contributed by atoms with Crippen molar-refractivity contribution in [1.29, 1.82) is 0 Å². The Morgan fingerprint density at radius 3 is 2.68 bits per heavy atom. The first-order valence-electron chi connectivity index (χ1n) is 8.94. The second kappa shape index (κ2) is 9.96. The van der Waals surface area contributed by atoms with Gasteiger partial charge in [-0.25, -0.2) is 9.78 Å². The molecule has 0 fully saturated rings. The summed E-state index contributed by atoms with van der Waals surface area (Å²) in [5.41, 5.74) is 1.36. The molecule has 1 aromatic heterocycles. The van der Waals surface area contributed by atoms with Crippen LogP contribution >= 0.6 is 22.9 Å². The van der Waals surface area contributed by atoms with Gasteiger partial charge in [-0.1, -0.05) is 35.9 Å². The van der Waals surface area contributed by atoms with E-state index in [0.717, 1.165) is 6.08 Å². The van der Waals surface area contributed by atoms with Gasteiger partial charge in [-0.3, -0.25) is 19.8 Å². The Labute approximate surface area is 186 Å². The van der Waals surface area contributed by atoms with Crippen molar-refractivity contribution in [2.75, 3.05) is 4.90 Å². The molecule has 0 bridgehead atoms. The van der Waals surface area contributed by atoms with Gasteiger partial charge in [0.05, 0.1) is 16.3 Å². The minimum atomic E-state index is -0.640. The number of hydrogen-bond acceptors (Lipinski definition) is 7. The van der Waals surface area contributed by atoms with Gasteiger partial charge in [0, 0.05) is 24.4 Å². The van der Waals surface area contributed by atoms with Crippen molar-refractivity contribution in [2.45, 2.75) is 13.5 Å². The number of nitro benzene ring substituents is 1. The van der Waals surface area contributed by atoms with Crippen molar-refractivity contribution < 1.29 is 19.2 Å². The molecule has 1 heterocycles. The third kappa shape index (κ3) is 5.74. The smallest absolute Gasteiger partial charge is 0.331 e. The minimum absolute atomic E-state index is 0.0131. The van der Waals surface area contributed by atoms with Crippen LogP contribution < -0.4 is 4.90 Å². The zero-order chi connectivity index (χ0) is 22.4. The fourth-order valence-corrected chi connectivity index (χ4v) is 3.66. The second-order valence-electron chi connectivity index (χ2n) is 6.22. The Morgan fingerprint density at radius 1 is 1.26 bits per heavy atom. The SMILES string of the molecule is CC(=O)N(c1ccccc1)c1nc(COC(=O)/C=C/c2ccc(Cl)c([N+](=O)[O-])c2)cs1. The summed E-state index contributed by atoms with van der Waals surface area (Å²) in [5, 5.41) is 13.1. The van der Waals surface area contributed by atoms with Crippen LogP contribution in [0.25, 0.3) is 6.08 Å². The summed E-state index contributed by atoms with van der Waals surface area (Å²) < 4.78 is 5.17. The van der Waals surface area contributed by atoms with Crippen LogP contribution in [-0.4, -0.2) is 21.8 Å². The highest BCUT2D eigenvalue weighted by atomic mass is 35.5. The van der Waals surface area contributed by atoms with Crippen molar-refractivity contribution >= 4 is 57.4 Å². The molecule has 0 radical (unpaired) electrons. The number of ether oxygens (including phenoxy) is 1. The van der Waals surface area contributed by atoms with E-state index in [1.165, 1.54) is 41.4 Å². The first-order chi connectivity index (χ1) is 14.8. The summed E-state index contributed by atoms with van der Waals surface area (Å²) in [7, 11) is 0. The van der Waals surface area contributed by atoms with E-state index in [2.05, 4.69) is 4.98 Å². The number of hydrogen-bond donors (Lipinski definition) is 0. The van der Waals surface area contributed by atoms with E-state index in [1.807, 2.05) is 18.2 Å². The molecule has 1 amide bonds. The third-order valence-electron chi connectivity index (χ3n) is 4.00. The summed E-state index contributed by atoms with van der Waals surface area (Å²) >= 11 is 7.02. The number of rotatable bonds is 7. The van der Waals surface area contributed by atoms with Crippen LogP contribution in [-0.2, 0) is 20.9 Å². The number of carbonyl (C=O) groups excluding carboxylic acids is 2. The molecule has 0 aliphatic heterocycles. The molecule has 10 heteroatoms. The average molecular weight is 458 g/mol. The van der Waals surface area contributed by atoms with E-state index in [-0.39, 0.29) is 23.2 Å². The molecule has 0 aliphatic rings. The van der Waals surface area contributed by atoms with E-state index < -0.39 is 10.9 Å². The number of amides is 1. The molecular weight excluding hydrogens is 442 g/mol. The van der Waals surface area contributed by atoms with Gasteiger partial charge in [-0.2, -0.15) is 0 Å². The molecule has 0 atom stereocenters. The Kier molecular flexibility index (Phi) is 7.11. The molecule has 31 heavy (non-hydrogen) atoms. The lowest BCUT2D eigenvalue weighted by molar-refractivity contribution is -0.384. The lowest BCUT2D eigenvalue weighted by atomic mass is 10.2. The zero-order valence-electron chi connectivity index (χ0n) is 16.2. The number of carbonyl (C=O) groups is 2. The topological polar surface area (TPSA) is 103 Å². The number of benzene rings is 2. The first kappa shape index (κ1) is 22.1. The van der Waals surface area contributed by atoms with E-state index in [9.17, 15) is 19.7 Å². The minimum Gasteiger partial charge on any atom is -0.456 e. The molecule has 158 valence electrons. The molecule has 0 saturated carbocycles. The molecule has 8 nitrogen and oxygen atoms in total. The van der Waals surface area contributed by atoms with E-state index in [1.54, 1.807) is 23.6 Å². The number of anilines is 2. The molecule has 2 aromatic carbocycles.